The first-order chi connectivity index (χ1) is 18.3. The molecule has 0 atom stereocenters. The van der Waals surface area contributed by atoms with Crippen LogP contribution in [0.1, 0.15) is 0 Å². The Bertz CT molecular complexity index is 1940. The average Bonchev–Trinajstić information content (AvgIpc) is 3.63. The van der Waals surface area contributed by atoms with Crippen molar-refractivity contribution in [2.45, 2.75) is 0 Å². The Morgan fingerprint density at radius 3 is 2.37 bits per heavy atom. The van der Waals surface area contributed by atoms with E-state index in [2.05, 4.69) is 76.8 Å². The summed E-state index contributed by atoms with van der Waals surface area (Å²) in [4.78, 5) is 13.1. The van der Waals surface area contributed by atoms with E-state index in [4.69, 9.17) is 0 Å². The van der Waals surface area contributed by atoms with Crippen LogP contribution in [0.5, 0.6) is 0 Å². The van der Waals surface area contributed by atoms with Crippen LogP contribution in [0, 0.1) is 18.9 Å². The van der Waals surface area contributed by atoms with E-state index in [0.29, 0.717) is 0 Å². The predicted molar refractivity (Wildman–Crippen MR) is 151 cm³/mol. The van der Waals surface area contributed by atoms with Crippen LogP contribution >= 0.6 is 0 Å². The second-order valence-corrected chi connectivity index (χ2v) is 9.06. The first-order valence-corrected chi connectivity index (χ1v) is 12.1. The third kappa shape index (κ3) is 4.08. The van der Waals surface area contributed by atoms with Gasteiger partial charge in [-0.25, -0.2) is 0 Å². The summed E-state index contributed by atoms with van der Waals surface area (Å²) in [5, 5.41) is 8.44. The van der Waals surface area contributed by atoms with E-state index in [0.717, 1.165) is 27.8 Å². The number of benzene rings is 4. The van der Waals surface area contributed by atoms with E-state index >= 15 is 0 Å². The molecule has 0 radical (unpaired) electrons. The zero-order chi connectivity index (χ0) is 24.8. The van der Waals surface area contributed by atoms with E-state index in [1.807, 2.05) is 76.8 Å². The normalized spacial score (nSPS) is 12.9. The number of nitrogens with zero attached hydrogens (tertiary/aromatic N) is 5. The zero-order valence-electron chi connectivity index (χ0n) is 20.5. The monoisotopic (exact) mass is 669 g/mol. The Labute approximate surface area is 234 Å². The molecule has 6 heteroatoms. The first kappa shape index (κ1) is 24.1. The third-order valence-corrected chi connectivity index (χ3v) is 6.74. The number of imidazole rings is 1. The fraction of sp³-hybridized carbons (Fsp3) is 0.0312. The largest absolute Gasteiger partial charge is 3.00 e. The van der Waals surface area contributed by atoms with Crippen LogP contribution < -0.4 is 4.90 Å². The SMILES string of the molecule is CN1C=CN(c2[c-]cccc2)[CH-]1.[Ir+3].[c-]1cnc2c3cc4ccc5ccccc5c4cc3c3cccnc3n12. The van der Waals surface area contributed by atoms with Crippen molar-refractivity contribution in [3.63, 3.8) is 0 Å². The van der Waals surface area contributed by atoms with Crippen molar-refractivity contribution in [1.29, 1.82) is 0 Å². The van der Waals surface area contributed by atoms with Gasteiger partial charge in [-0.15, -0.1) is 5.69 Å². The molecule has 7 aromatic rings. The molecule has 4 aromatic carbocycles. The molecule has 0 aliphatic carbocycles. The molecule has 1 aliphatic rings. The van der Waals surface area contributed by atoms with Crippen molar-refractivity contribution >= 4 is 54.7 Å². The van der Waals surface area contributed by atoms with Crippen LogP contribution in [0.25, 0.3) is 49.0 Å². The van der Waals surface area contributed by atoms with Crippen molar-refractivity contribution in [2.24, 2.45) is 0 Å². The molecule has 4 heterocycles. The van der Waals surface area contributed by atoms with Crippen molar-refractivity contribution in [1.82, 2.24) is 19.3 Å². The molecule has 0 amide bonds. The van der Waals surface area contributed by atoms with E-state index in [1.165, 1.54) is 26.9 Å². The summed E-state index contributed by atoms with van der Waals surface area (Å²) >= 11 is 0. The van der Waals surface area contributed by atoms with Crippen molar-refractivity contribution in [3.8, 4) is 0 Å². The van der Waals surface area contributed by atoms with Gasteiger partial charge in [-0.2, -0.15) is 37.0 Å². The van der Waals surface area contributed by atoms with Gasteiger partial charge in [0.1, 0.15) is 0 Å². The molecule has 8 rings (SSSR count). The number of rotatable bonds is 1. The fourth-order valence-electron chi connectivity index (χ4n) is 5.00. The Morgan fingerprint density at radius 2 is 1.53 bits per heavy atom. The minimum Gasteiger partial charge on any atom is -0.510 e. The Balaban J connectivity index is 0.000000172. The van der Waals surface area contributed by atoms with Crippen LogP contribution in [0.15, 0.2) is 110 Å². The van der Waals surface area contributed by atoms with Gasteiger partial charge < -0.3 is 24.2 Å². The standard InChI is InChI=1S/C22H12N3.C10H10N2.Ir/c1-2-5-16-14(4-1)7-8-15-12-20-19(13-18(15)16)17-6-3-9-23-21(17)25-11-10-24-22(20)25;1-11-7-8-12(9-11)10-5-3-2-4-6-10;/h1-10,12-13H;2-5,7-9H,1H3;/q-1;-2;+3. The summed E-state index contributed by atoms with van der Waals surface area (Å²) in [5.41, 5.74) is 2.86. The summed E-state index contributed by atoms with van der Waals surface area (Å²) in [6.07, 6.45) is 10.7. The second-order valence-electron chi connectivity index (χ2n) is 9.06. The summed E-state index contributed by atoms with van der Waals surface area (Å²) in [6.45, 7) is 2.01. The molecule has 0 unspecified atom stereocenters. The summed E-state index contributed by atoms with van der Waals surface area (Å²) in [6, 6.07) is 32.6. The first-order valence-electron chi connectivity index (χ1n) is 12.1. The molecule has 3 aromatic heterocycles. The van der Waals surface area contributed by atoms with Gasteiger partial charge in [0.15, 0.2) is 0 Å². The van der Waals surface area contributed by atoms with E-state index < -0.39 is 0 Å². The summed E-state index contributed by atoms with van der Waals surface area (Å²) < 4.78 is 1.95. The average molecular weight is 669 g/mol. The Hall–Kier alpha value is -4.25. The minimum absolute atomic E-state index is 0. The summed E-state index contributed by atoms with van der Waals surface area (Å²) in [7, 11) is 2.00. The molecular formula is C32H22IrN5. The van der Waals surface area contributed by atoms with Crippen LogP contribution in [-0.4, -0.2) is 26.3 Å². The van der Waals surface area contributed by atoms with Gasteiger partial charge >= 0.3 is 20.1 Å². The maximum atomic E-state index is 4.57. The van der Waals surface area contributed by atoms with Gasteiger partial charge in [0.25, 0.3) is 0 Å². The number of para-hydroxylation sites is 1. The van der Waals surface area contributed by atoms with E-state index in [9.17, 15) is 0 Å². The number of pyridine rings is 2. The van der Waals surface area contributed by atoms with Gasteiger partial charge in [-0.3, -0.25) is 0 Å². The van der Waals surface area contributed by atoms with Gasteiger partial charge in [0, 0.05) is 17.5 Å². The van der Waals surface area contributed by atoms with E-state index in [1.54, 1.807) is 6.20 Å². The fourth-order valence-corrected chi connectivity index (χ4v) is 5.00. The molecule has 0 N–H and O–H groups in total. The van der Waals surface area contributed by atoms with Crippen LogP contribution in [0.4, 0.5) is 5.69 Å². The topological polar surface area (TPSA) is 36.7 Å². The molecule has 0 spiro atoms. The second kappa shape index (κ2) is 9.90. The van der Waals surface area contributed by atoms with Gasteiger partial charge in [0.2, 0.25) is 0 Å². The maximum absolute atomic E-state index is 4.57. The molecule has 0 saturated carbocycles. The molecular weight excluding hydrogens is 647 g/mol. The van der Waals surface area contributed by atoms with Crippen LogP contribution in [0.3, 0.4) is 0 Å². The zero-order valence-corrected chi connectivity index (χ0v) is 22.9. The number of fused-ring (bicyclic) bond motifs is 9. The number of anilines is 1. The van der Waals surface area contributed by atoms with Gasteiger partial charge in [-0.05, 0) is 75.5 Å². The van der Waals surface area contributed by atoms with E-state index in [-0.39, 0.29) is 20.1 Å². The summed E-state index contributed by atoms with van der Waals surface area (Å²) in [5.74, 6) is 0. The maximum Gasteiger partial charge on any atom is 3.00 e. The molecule has 1 aliphatic heterocycles. The van der Waals surface area contributed by atoms with Crippen molar-refractivity contribution in [2.75, 3.05) is 11.9 Å². The van der Waals surface area contributed by atoms with Gasteiger partial charge in [-0.1, -0.05) is 54.7 Å². The number of hydrogen-bond acceptors (Lipinski definition) is 4. The molecule has 0 bridgehead atoms. The molecule has 38 heavy (non-hydrogen) atoms. The van der Waals surface area contributed by atoms with Crippen molar-refractivity contribution < 1.29 is 20.1 Å². The molecule has 5 nitrogen and oxygen atoms in total. The molecule has 0 fully saturated rings. The van der Waals surface area contributed by atoms with Crippen LogP contribution in [0.2, 0.25) is 0 Å². The smallest absolute Gasteiger partial charge is 0.510 e. The minimum atomic E-state index is 0. The third-order valence-electron chi connectivity index (χ3n) is 6.74. The Morgan fingerprint density at radius 1 is 0.711 bits per heavy atom. The predicted octanol–water partition coefficient (Wildman–Crippen LogP) is 6.97. The number of hydrogen-bond donors (Lipinski definition) is 0. The number of aromatic nitrogens is 3. The quantitative estimate of drug-likeness (QED) is 0.108. The molecule has 184 valence electrons. The van der Waals surface area contributed by atoms with Crippen molar-refractivity contribution in [3.05, 3.63) is 129 Å². The molecule has 0 saturated heterocycles. The Kier molecular flexibility index (Phi) is 6.28. The van der Waals surface area contributed by atoms with Gasteiger partial charge in [0.05, 0.1) is 0 Å². The van der Waals surface area contributed by atoms with Crippen LogP contribution in [-0.2, 0) is 20.1 Å².